The SMILES string of the molecule is Oc1nc(-c2ccnc3[nH]ccc23)nc2c(Cl)ncc(C3CC3)c12. The van der Waals surface area contributed by atoms with E-state index < -0.39 is 0 Å². The van der Waals surface area contributed by atoms with Crippen molar-refractivity contribution in [1.29, 1.82) is 0 Å². The van der Waals surface area contributed by atoms with Gasteiger partial charge in [-0.25, -0.2) is 15.0 Å². The first-order chi connectivity index (χ1) is 11.7. The minimum Gasteiger partial charge on any atom is -0.493 e. The fourth-order valence-electron chi connectivity index (χ4n) is 3.10. The molecule has 4 aromatic heterocycles. The van der Waals surface area contributed by atoms with Crippen LogP contribution < -0.4 is 0 Å². The lowest BCUT2D eigenvalue weighted by Crippen LogP contribution is -1.97. The summed E-state index contributed by atoms with van der Waals surface area (Å²) in [7, 11) is 0. The summed E-state index contributed by atoms with van der Waals surface area (Å²) in [6.07, 6.45) is 7.39. The lowest BCUT2D eigenvalue weighted by Gasteiger charge is -2.10. The van der Waals surface area contributed by atoms with Gasteiger partial charge in [-0.3, -0.25) is 0 Å². The van der Waals surface area contributed by atoms with Gasteiger partial charge in [0.1, 0.15) is 11.2 Å². The Balaban J connectivity index is 1.82. The fraction of sp³-hybridized carbons (Fsp3) is 0.176. The molecular formula is C17H12ClN5O. The molecular weight excluding hydrogens is 326 g/mol. The summed E-state index contributed by atoms with van der Waals surface area (Å²) in [4.78, 5) is 20.5. The molecule has 2 N–H and O–H groups in total. The number of pyridine rings is 2. The Kier molecular flexibility index (Phi) is 2.78. The maximum atomic E-state index is 10.6. The summed E-state index contributed by atoms with van der Waals surface area (Å²) in [5.74, 6) is 0.764. The van der Waals surface area contributed by atoms with Crippen LogP contribution in [0.1, 0.15) is 24.3 Å². The average molecular weight is 338 g/mol. The molecule has 4 heterocycles. The summed E-state index contributed by atoms with van der Waals surface area (Å²) in [5.41, 5.74) is 2.99. The standard InChI is InChI=1S/C17H12ClN5O/c18-14-13-12(11(7-21-14)8-1-2-8)17(24)23-16(22-13)10-4-6-20-15-9(10)3-5-19-15/h3-8H,1-2H2,(H,19,20)(H,22,23,24). The average Bonchev–Trinajstić information content (AvgIpc) is 3.31. The lowest BCUT2D eigenvalue weighted by atomic mass is 10.1. The van der Waals surface area contributed by atoms with Crippen LogP contribution in [-0.2, 0) is 0 Å². The van der Waals surface area contributed by atoms with E-state index in [0.29, 0.717) is 22.6 Å². The molecule has 0 aromatic carbocycles. The molecule has 24 heavy (non-hydrogen) atoms. The van der Waals surface area contributed by atoms with Gasteiger partial charge in [0.2, 0.25) is 5.88 Å². The number of aromatic nitrogens is 5. The van der Waals surface area contributed by atoms with Crippen LogP contribution in [-0.4, -0.2) is 30.0 Å². The number of H-pyrrole nitrogens is 1. The van der Waals surface area contributed by atoms with Crippen LogP contribution in [0.5, 0.6) is 5.88 Å². The largest absolute Gasteiger partial charge is 0.493 e. The minimum atomic E-state index is -0.0540. The molecule has 0 aliphatic heterocycles. The second-order valence-electron chi connectivity index (χ2n) is 5.97. The predicted molar refractivity (Wildman–Crippen MR) is 91.1 cm³/mol. The molecule has 118 valence electrons. The lowest BCUT2D eigenvalue weighted by molar-refractivity contribution is 0.459. The third kappa shape index (κ3) is 1.96. The molecule has 6 nitrogen and oxygen atoms in total. The van der Waals surface area contributed by atoms with Gasteiger partial charge in [-0.2, -0.15) is 4.98 Å². The molecule has 4 aromatic rings. The van der Waals surface area contributed by atoms with Crippen molar-refractivity contribution < 1.29 is 5.11 Å². The molecule has 0 unspecified atom stereocenters. The number of halogens is 1. The molecule has 0 saturated heterocycles. The van der Waals surface area contributed by atoms with E-state index in [1.807, 2.05) is 18.3 Å². The van der Waals surface area contributed by atoms with Gasteiger partial charge in [-0.05, 0) is 36.5 Å². The first-order valence-electron chi connectivity index (χ1n) is 7.70. The van der Waals surface area contributed by atoms with E-state index in [2.05, 4.69) is 24.9 Å². The molecule has 7 heteroatoms. The summed E-state index contributed by atoms with van der Waals surface area (Å²) in [6, 6.07) is 3.73. The van der Waals surface area contributed by atoms with E-state index in [-0.39, 0.29) is 11.0 Å². The van der Waals surface area contributed by atoms with E-state index in [9.17, 15) is 5.11 Å². The second kappa shape index (κ2) is 4.88. The number of hydrogen-bond donors (Lipinski definition) is 2. The number of rotatable bonds is 2. The first kappa shape index (κ1) is 13.7. The molecule has 1 aliphatic carbocycles. The minimum absolute atomic E-state index is 0.0540. The van der Waals surface area contributed by atoms with Crippen molar-refractivity contribution >= 4 is 33.5 Å². The van der Waals surface area contributed by atoms with E-state index >= 15 is 0 Å². The summed E-state index contributed by atoms with van der Waals surface area (Å²) in [5, 5.41) is 12.3. The highest BCUT2D eigenvalue weighted by Crippen LogP contribution is 2.45. The van der Waals surface area contributed by atoms with Gasteiger partial charge < -0.3 is 10.1 Å². The molecule has 0 bridgehead atoms. The Morgan fingerprint density at radius 2 is 2.04 bits per heavy atom. The van der Waals surface area contributed by atoms with Gasteiger partial charge in [0, 0.05) is 29.5 Å². The van der Waals surface area contributed by atoms with Gasteiger partial charge >= 0.3 is 0 Å². The van der Waals surface area contributed by atoms with E-state index in [1.54, 1.807) is 12.4 Å². The Bertz CT molecular complexity index is 1100. The monoisotopic (exact) mass is 337 g/mol. The van der Waals surface area contributed by atoms with Crippen LogP contribution in [0.3, 0.4) is 0 Å². The van der Waals surface area contributed by atoms with Gasteiger partial charge in [-0.15, -0.1) is 0 Å². The zero-order valence-corrected chi connectivity index (χ0v) is 13.2. The van der Waals surface area contributed by atoms with E-state index in [0.717, 1.165) is 35.0 Å². The van der Waals surface area contributed by atoms with Crippen molar-refractivity contribution in [2.45, 2.75) is 18.8 Å². The Morgan fingerprint density at radius 3 is 2.88 bits per heavy atom. The van der Waals surface area contributed by atoms with Crippen molar-refractivity contribution in [3.05, 3.63) is 41.4 Å². The number of aromatic hydroxyl groups is 1. The van der Waals surface area contributed by atoms with Crippen LogP contribution >= 0.6 is 11.6 Å². The van der Waals surface area contributed by atoms with Gasteiger partial charge in [0.05, 0.1) is 5.39 Å². The molecule has 1 aliphatic rings. The number of nitrogens with zero attached hydrogens (tertiary/aromatic N) is 4. The van der Waals surface area contributed by atoms with E-state index in [1.165, 1.54) is 0 Å². The highest BCUT2D eigenvalue weighted by atomic mass is 35.5. The zero-order valence-electron chi connectivity index (χ0n) is 12.5. The molecule has 1 fully saturated rings. The van der Waals surface area contributed by atoms with Crippen molar-refractivity contribution in [3.8, 4) is 17.3 Å². The van der Waals surface area contributed by atoms with Crippen LogP contribution in [0.2, 0.25) is 5.15 Å². The zero-order chi connectivity index (χ0) is 16.3. The molecule has 5 rings (SSSR count). The van der Waals surface area contributed by atoms with Gasteiger partial charge in [0.25, 0.3) is 0 Å². The summed E-state index contributed by atoms with van der Waals surface area (Å²) < 4.78 is 0. The fourth-order valence-corrected chi connectivity index (χ4v) is 3.28. The molecule has 0 amide bonds. The van der Waals surface area contributed by atoms with Gasteiger partial charge in [0.15, 0.2) is 11.0 Å². The summed E-state index contributed by atoms with van der Waals surface area (Å²) >= 11 is 6.25. The Labute approximate surface area is 141 Å². The van der Waals surface area contributed by atoms with Crippen molar-refractivity contribution in [2.75, 3.05) is 0 Å². The van der Waals surface area contributed by atoms with Crippen molar-refractivity contribution in [2.24, 2.45) is 0 Å². The first-order valence-corrected chi connectivity index (χ1v) is 8.08. The molecule has 0 radical (unpaired) electrons. The maximum absolute atomic E-state index is 10.6. The third-order valence-electron chi connectivity index (χ3n) is 4.41. The number of nitrogens with one attached hydrogen (secondary N) is 1. The third-order valence-corrected chi connectivity index (χ3v) is 4.69. The smallest absolute Gasteiger partial charge is 0.223 e. The maximum Gasteiger partial charge on any atom is 0.223 e. The van der Waals surface area contributed by atoms with Crippen molar-refractivity contribution in [3.63, 3.8) is 0 Å². The summed E-state index contributed by atoms with van der Waals surface area (Å²) in [6.45, 7) is 0. The topological polar surface area (TPSA) is 87.6 Å². The quantitative estimate of drug-likeness (QED) is 0.543. The van der Waals surface area contributed by atoms with Gasteiger partial charge in [-0.1, -0.05) is 11.6 Å². The van der Waals surface area contributed by atoms with Crippen LogP contribution in [0.4, 0.5) is 0 Å². The normalized spacial score (nSPS) is 14.5. The van der Waals surface area contributed by atoms with Crippen LogP contribution in [0.15, 0.2) is 30.7 Å². The number of aromatic amines is 1. The van der Waals surface area contributed by atoms with Crippen LogP contribution in [0.25, 0.3) is 33.3 Å². The highest BCUT2D eigenvalue weighted by Gasteiger charge is 2.29. The molecule has 0 atom stereocenters. The Morgan fingerprint density at radius 1 is 1.17 bits per heavy atom. The predicted octanol–water partition coefficient (Wildman–Crippen LogP) is 3.80. The molecule has 1 saturated carbocycles. The molecule has 0 spiro atoms. The highest BCUT2D eigenvalue weighted by molar-refractivity contribution is 6.34. The number of hydrogen-bond acceptors (Lipinski definition) is 5. The number of fused-ring (bicyclic) bond motifs is 2. The van der Waals surface area contributed by atoms with Crippen molar-refractivity contribution in [1.82, 2.24) is 24.9 Å². The Hall–Kier alpha value is -2.73. The van der Waals surface area contributed by atoms with Crippen LogP contribution in [0, 0.1) is 0 Å². The second-order valence-corrected chi connectivity index (χ2v) is 6.33. The van der Waals surface area contributed by atoms with E-state index in [4.69, 9.17) is 11.6 Å².